The number of hydrogen-bond acceptors (Lipinski definition) is 2. The topological polar surface area (TPSA) is 40.5 Å². The van der Waals surface area contributed by atoms with Gasteiger partial charge in [0.25, 0.3) is 0 Å². The summed E-state index contributed by atoms with van der Waals surface area (Å²) in [6.45, 7) is 11.8. The Hall–Kier alpha value is -0.600. The lowest BCUT2D eigenvalue weighted by Gasteiger charge is -2.58. The van der Waals surface area contributed by atoms with E-state index in [1.54, 1.807) is 5.57 Å². The standard InChI is InChI=1S/C28H46O2/c1-18(2)26(30)8-6-7-19(3)23-11-12-24-22-10-9-20-17-21(29)13-15-27(20,4)25(22)14-16-28(23,24)5/h6-7,9,18-19,21-26,29-30H,8,10-17H2,1-5H3/b7-6+/t19-,21+,22+,23-,24+,25+,26+,27+,28-/m1/s1. The van der Waals surface area contributed by atoms with Gasteiger partial charge in [-0.25, -0.2) is 0 Å². The van der Waals surface area contributed by atoms with E-state index in [4.69, 9.17) is 0 Å². The molecule has 0 aromatic carbocycles. The van der Waals surface area contributed by atoms with Crippen molar-refractivity contribution in [1.29, 1.82) is 0 Å². The van der Waals surface area contributed by atoms with Gasteiger partial charge in [-0.1, -0.05) is 58.4 Å². The van der Waals surface area contributed by atoms with Crippen LogP contribution in [-0.4, -0.2) is 22.4 Å². The maximum Gasteiger partial charge on any atom is 0.0597 e. The van der Waals surface area contributed by atoms with Crippen LogP contribution in [0.25, 0.3) is 0 Å². The van der Waals surface area contributed by atoms with Crippen molar-refractivity contribution >= 4 is 0 Å². The molecule has 170 valence electrons. The second kappa shape index (κ2) is 8.39. The van der Waals surface area contributed by atoms with Gasteiger partial charge >= 0.3 is 0 Å². The Kier molecular flexibility index (Phi) is 6.32. The molecule has 2 heteroatoms. The van der Waals surface area contributed by atoms with Gasteiger partial charge in [0.15, 0.2) is 0 Å². The van der Waals surface area contributed by atoms with Gasteiger partial charge in [0, 0.05) is 0 Å². The molecule has 0 spiro atoms. The summed E-state index contributed by atoms with van der Waals surface area (Å²) in [5, 5.41) is 20.4. The van der Waals surface area contributed by atoms with Gasteiger partial charge < -0.3 is 10.2 Å². The Morgan fingerprint density at radius 1 is 1.07 bits per heavy atom. The molecule has 4 aliphatic rings. The number of rotatable bonds is 5. The van der Waals surface area contributed by atoms with Gasteiger partial charge in [-0.2, -0.15) is 0 Å². The molecule has 3 saturated carbocycles. The molecule has 0 unspecified atom stereocenters. The van der Waals surface area contributed by atoms with Crippen molar-refractivity contribution in [3.8, 4) is 0 Å². The van der Waals surface area contributed by atoms with Crippen LogP contribution in [0.2, 0.25) is 0 Å². The highest BCUT2D eigenvalue weighted by Crippen LogP contribution is 2.67. The van der Waals surface area contributed by atoms with E-state index in [0.29, 0.717) is 22.7 Å². The van der Waals surface area contributed by atoms with E-state index in [9.17, 15) is 10.2 Å². The van der Waals surface area contributed by atoms with Crippen LogP contribution in [0.4, 0.5) is 0 Å². The van der Waals surface area contributed by atoms with Crippen LogP contribution in [-0.2, 0) is 0 Å². The van der Waals surface area contributed by atoms with Crippen LogP contribution in [0.5, 0.6) is 0 Å². The maximum atomic E-state index is 10.2. The Balaban J connectivity index is 1.48. The van der Waals surface area contributed by atoms with E-state index in [-0.39, 0.29) is 12.2 Å². The second-order valence-corrected chi connectivity index (χ2v) is 12.2. The minimum atomic E-state index is -0.214. The predicted octanol–water partition coefficient (Wildman–Crippen LogP) is 6.53. The van der Waals surface area contributed by atoms with Crippen LogP contribution in [0.15, 0.2) is 23.8 Å². The highest BCUT2D eigenvalue weighted by Gasteiger charge is 2.58. The normalized spacial score (nSPS) is 45.6. The largest absolute Gasteiger partial charge is 0.393 e. The van der Waals surface area contributed by atoms with Crippen LogP contribution >= 0.6 is 0 Å². The summed E-state index contributed by atoms with van der Waals surface area (Å²) >= 11 is 0. The van der Waals surface area contributed by atoms with Gasteiger partial charge in [0.1, 0.15) is 0 Å². The molecular formula is C28H46O2. The summed E-state index contributed by atoms with van der Waals surface area (Å²) in [7, 11) is 0. The lowest BCUT2D eigenvalue weighted by Crippen LogP contribution is -2.50. The molecule has 0 heterocycles. The number of fused-ring (bicyclic) bond motifs is 5. The van der Waals surface area contributed by atoms with Gasteiger partial charge in [0.05, 0.1) is 12.2 Å². The van der Waals surface area contributed by atoms with Crippen LogP contribution < -0.4 is 0 Å². The molecule has 0 bridgehead atoms. The molecule has 4 aliphatic carbocycles. The van der Waals surface area contributed by atoms with Crippen molar-refractivity contribution in [1.82, 2.24) is 0 Å². The third-order valence-corrected chi connectivity index (χ3v) is 10.4. The zero-order valence-corrected chi connectivity index (χ0v) is 20.1. The molecule has 0 saturated heterocycles. The first-order valence-electron chi connectivity index (χ1n) is 12.9. The molecular weight excluding hydrogens is 368 g/mol. The summed E-state index contributed by atoms with van der Waals surface area (Å²) in [5.74, 6) is 4.25. The van der Waals surface area contributed by atoms with Gasteiger partial charge in [-0.05, 0) is 104 Å². The van der Waals surface area contributed by atoms with Crippen molar-refractivity contribution in [2.45, 2.75) is 105 Å². The first kappa shape index (κ1) is 22.6. The lowest BCUT2D eigenvalue weighted by molar-refractivity contribution is -0.0540. The Bertz CT molecular complexity index is 678. The van der Waals surface area contributed by atoms with Crippen molar-refractivity contribution in [2.24, 2.45) is 46.3 Å². The van der Waals surface area contributed by atoms with Crippen LogP contribution in [0, 0.1) is 46.3 Å². The molecule has 0 aromatic heterocycles. The van der Waals surface area contributed by atoms with E-state index in [1.807, 2.05) is 0 Å². The van der Waals surface area contributed by atoms with Crippen molar-refractivity contribution < 1.29 is 10.2 Å². The minimum Gasteiger partial charge on any atom is -0.393 e. The van der Waals surface area contributed by atoms with Crippen molar-refractivity contribution in [3.05, 3.63) is 23.8 Å². The number of aliphatic hydroxyl groups excluding tert-OH is 2. The summed E-state index contributed by atoms with van der Waals surface area (Å²) < 4.78 is 0. The average Bonchev–Trinajstić information content (AvgIpc) is 3.05. The van der Waals surface area contributed by atoms with E-state index in [1.165, 1.54) is 38.5 Å². The fraction of sp³-hybridized carbons (Fsp3) is 0.857. The quantitative estimate of drug-likeness (QED) is 0.502. The Morgan fingerprint density at radius 3 is 2.57 bits per heavy atom. The zero-order chi connectivity index (χ0) is 21.7. The predicted molar refractivity (Wildman–Crippen MR) is 125 cm³/mol. The first-order valence-corrected chi connectivity index (χ1v) is 12.9. The molecule has 0 aliphatic heterocycles. The van der Waals surface area contributed by atoms with Gasteiger partial charge in [0.2, 0.25) is 0 Å². The van der Waals surface area contributed by atoms with Crippen LogP contribution in [0.3, 0.4) is 0 Å². The van der Waals surface area contributed by atoms with Gasteiger partial charge in [-0.3, -0.25) is 0 Å². The lowest BCUT2D eigenvalue weighted by atomic mass is 9.47. The molecule has 0 aromatic rings. The SMILES string of the molecule is CC(C)[C@@H](O)C/C=C/[C@@H](C)[C@H]1CC[C@H]2[C@@H]3CC=C4C[C@@H](O)CC[C@]4(C)[C@H]3CC[C@]12C. The molecule has 30 heavy (non-hydrogen) atoms. The zero-order valence-electron chi connectivity index (χ0n) is 20.1. The van der Waals surface area contributed by atoms with E-state index in [2.05, 4.69) is 52.8 Å². The molecule has 2 N–H and O–H groups in total. The Morgan fingerprint density at radius 2 is 1.83 bits per heavy atom. The molecule has 4 rings (SSSR count). The van der Waals surface area contributed by atoms with E-state index in [0.717, 1.165) is 42.9 Å². The highest BCUT2D eigenvalue weighted by atomic mass is 16.3. The number of aliphatic hydroxyl groups is 2. The number of allylic oxidation sites excluding steroid dienone is 2. The summed E-state index contributed by atoms with van der Waals surface area (Å²) in [6.07, 6.45) is 17.6. The fourth-order valence-corrected chi connectivity index (χ4v) is 8.38. The molecule has 2 nitrogen and oxygen atoms in total. The number of hydrogen-bond donors (Lipinski definition) is 2. The smallest absolute Gasteiger partial charge is 0.0597 e. The fourth-order valence-electron chi connectivity index (χ4n) is 8.38. The minimum absolute atomic E-state index is 0.104. The van der Waals surface area contributed by atoms with E-state index < -0.39 is 0 Å². The molecule has 3 fully saturated rings. The van der Waals surface area contributed by atoms with E-state index >= 15 is 0 Å². The monoisotopic (exact) mass is 414 g/mol. The van der Waals surface area contributed by atoms with Crippen molar-refractivity contribution in [2.75, 3.05) is 0 Å². The summed E-state index contributed by atoms with van der Waals surface area (Å²) in [5.41, 5.74) is 2.40. The Labute approximate surface area is 185 Å². The first-order chi connectivity index (χ1) is 14.2. The van der Waals surface area contributed by atoms with Gasteiger partial charge in [-0.15, -0.1) is 0 Å². The summed E-state index contributed by atoms with van der Waals surface area (Å²) in [6, 6.07) is 0. The second-order valence-electron chi connectivity index (χ2n) is 12.2. The third kappa shape index (κ3) is 3.75. The van der Waals surface area contributed by atoms with Crippen LogP contribution in [0.1, 0.15) is 92.4 Å². The average molecular weight is 415 g/mol. The molecule has 0 radical (unpaired) electrons. The molecule has 0 amide bonds. The highest BCUT2D eigenvalue weighted by molar-refractivity contribution is 5.25. The summed E-state index contributed by atoms with van der Waals surface area (Å²) in [4.78, 5) is 0. The molecule has 9 atom stereocenters. The maximum absolute atomic E-state index is 10.2. The van der Waals surface area contributed by atoms with Crippen molar-refractivity contribution in [3.63, 3.8) is 0 Å². The third-order valence-electron chi connectivity index (χ3n) is 10.4.